The smallest absolute Gasteiger partial charge is 0.311 e. The maximum Gasteiger partial charge on any atom is 0.311 e. The summed E-state index contributed by atoms with van der Waals surface area (Å²) in [5, 5.41) is 13.8. The number of likely N-dealkylation sites (N-methyl/N-ethyl adjacent to an activating group) is 1. The topological polar surface area (TPSA) is 84.7 Å². The quantitative estimate of drug-likeness (QED) is 0.607. The fourth-order valence-electron chi connectivity index (χ4n) is 2.68. The molecule has 0 heterocycles. The van der Waals surface area contributed by atoms with E-state index in [0.29, 0.717) is 17.8 Å². The highest BCUT2D eigenvalue weighted by Gasteiger charge is 2.18. The molecule has 0 saturated carbocycles. The van der Waals surface area contributed by atoms with Gasteiger partial charge in [0.2, 0.25) is 5.91 Å². The molecule has 0 aliphatic rings. The van der Waals surface area contributed by atoms with E-state index in [1.807, 2.05) is 43.1 Å². The first kappa shape index (κ1) is 19.4. The van der Waals surface area contributed by atoms with Crippen molar-refractivity contribution in [3.63, 3.8) is 0 Å². The Morgan fingerprint density at radius 3 is 2.54 bits per heavy atom. The van der Waals surface area contributed by atoms with Gasteiger partial charge in [-0.05, 0) is 37.6 Å². The van der Waals surface area contributed by atoms with Gasteiger partial charge in [0.05, 0.1) is 18.6 Å². The Morgan fingerprint density at radius 1 is 1.23 bits per heavy atom. The molecule has 2 aromatic carbocycles. The maximum atomic E-state index is 12.3. The molecule has 0 unspecified atom stereocenters. The number of ether oxygens (including phenoxy) is 1. The van der Waals surface area contributed by atoms with Crippen molar-refractivity contribution in [3.8, 4) is 5.75 Å². The highest BCUT2D eigenvalue weighted by molar-refractivity contribution is 5.93. The summed E-state index contributed by atoms with van der Waals surface area (Å²) in [6.07, 6.45) is 0. The molecule has 0 bridgehead atoms. The maximum absolute atomic E-state index is 12.3. The zero-order valence-electron chi connectivity index (χ0n) is 15.4. The molecule has 0 fully saturated rings. The van der Waals surface area contributed by atoms with Gasteiger partial charge < -0.3 is 10.1 Å². The van der Waals surface area contributed by atoms with Crippen molar-refractivity contribution in [2.45, 2.75) is 20.4 Å². The molecular weight excluding hydrogens is 334 g/mol. The molecule has 0 atom stereocenters. The minimum absolute atomic E-state index is 0.115. The van der Waals surface area contributed by atoms with Crippen LogP contribution in [0, 0.1) is 24.0 Å². The minimum atomic E-state index is -0.507. The predicted octanol–water partition coefficient (Wildman–Crippen LogP) is 3.29. The van der Waals surface area contributed by atoms with E-state index in [4.69, 9.17) is 4.74 Å². The summed E-state index contributed by atoms with van der Waals surface area (Å²) in [4.78, 5) is 24.8. The molecule has 2 aromatic rings. The predicted molar refractivity (Wildman–Crippen MR) is 101 cm³/mol. The van der Waals surface area contributed by atoms with Gasteiger partial charge in [0.1, 0.15) is 0 Å². The van der Waals surface area contributed by atoms with Gasteiger partial charge in [-0.25, -0.2) is 0 Å². The average molecular weight is 357 g/mol. The molecule has 1 amide bonds. The zero-order chi connectivity index (χ0) is 19.3. The Balaban J connectivity index is 2.05. The molecule has 0 aromatic heterocycles. The van der Waals surface area contributed by atoms with E-state index in [9.17, 15) is 14.9 Å². The zero-order valence-corrected chi connectivity index (χ0v) is 15.4. The van der Waals surface area contributed by atoms with E-state index in [1.54, 1.807) is 6.92 Å². The lowest BCUT2D eigenvalue weighted by Gasteiger charge is -2.18. The Kier molecular flexibility index (Phi) is 6.30. The second kappa shape index (κ2) is 8.44. The minimum Gasteiger partial charge on any atom is -0.490 e. The molecule has 2 rings (SSSR count). The lowest BCUT2D eigenvalue weighted by molar-refractivity contribution is -0.385. The number of amides is 1. The fourth-order valence-corrected chi connectivity index (χ4v) is 2.68. The van der Waals surface area contributed by atoms with E-state index >= 15 is 0 Å². The summed E-state index contributed by atoms with van der Waals surface area (Å²) in [5.74, 6) is -0.0794. The summed E-state index contributed by atoms with van der Waals surface area (Å²) in [7, 11) is 3.23. The van der Waals surface area contributed by atoms with Gasteiger partial charge >= 0.3 is 5.69 Å². The van der Waals surface area contributed by atoms with Crippen LogP contribution in [0.3, 0.4) is 0 Å². The molecule has 26 heavy (non-hydrogen) atoms. The van der Waals surface area contributed by atoms with Crippen LogP contribution in [0.5, 0.6) is 5.75 Å². The third kappa shape index (κ3) is 4.80. The molecule has 0 aliphatic carbocycles. The molecule has 7 heteroatoms. The SMILES string of the molecule is COc1cc(NC(=O)CN(C)Cc2ccccc2C)c(C)cc1[N+](=O)[O-]. The number of aryl methyl sites for hydroxylation is 2. The van der Waals surface area contributed by atoms with Crippen LogP contribution in [0.15, 0.2) is 36.4 Å². The largest absolute Gasteiger partial charge is 0.490 e. The number of nitro groups is 1. The second-order valence-corrected chi connectivity index (χ2v) is 6.24. The van der Waals surface area contributed by atoms with Crippen molar-refractivity contribution in [2.75, 3.05) is 26.0 Å². The Bertz CT molecular complexity index is 820. The van der Waals surface area contributed by atoms with Crippen molar-refractivity contribution in [3.05, 3.63) is 63.2 Å². The highest BCUT2D eigenvalue weighted by Crippen LogP contribution is 2.32. The van der Waals surface area contributed by atoms with Crippen LogP contribution < -0.4 is 10.1 Å². The molecule has 0 spiro atoms. The van der Waals surface area contributed by atoms with Gasteiger partial charge in [0.15, 0.2) is 5.75 Å². The van der Waals surface area contributed by atoms with Gasteiger partial charge in [-0.3, -0.25) is 19.8 Å². The monoisotopic (exact) mass is 357 g/mol. The summed E-state index contributed by atoms with van der Waals surface area (Å²) in [6, 6.07) is 10.9. The van der Waals surface area contributed by atoms with E-state index in [-0.39, 0.29) is 23.9 Å². The second-order valence-electron chi connectivity index (χ2n) is 6.24. The van der Waals surface area contributed by atoms with Crippen LogP contribution in [0.1, 0.15) is 16.7 Å². The molecule has 1 N–H and O–H groups in total. The number of hydrogen-bond acceptors (Lipinski definition) is 5. The van der Waals surface area contributed by atoms with Crippen molar-refractivity contribution < 1.29 is 14.5 Å². The Labute approximate surface area is 152 Å². The van der Waals surface area contributed by atoms with Gasteiger partial charge in [-0.1, -0.05) is 24.3 Å². The lowest BCUT2D eigenvalue weighted by atomic mass is 10.1. The molecule has 7 nitrogen and oxygen atoms in total. The van der Waals surface area contributed by atoms with Crippen LogP contribution >= 0.6 is 0 Å². The van der Waals surface area contributed by atoms with E-state index in [2.05, 4.69) is 5.32 Å². The number of anilines is 1. The first-order valence-electron chi connectivity index (χ1n) is 8.17. The van der Waals surface area contributed by atoms with Crippen molar-refractivity contribution in [1.29, 1.82) is 0 Å². The van der Waals surface area contributed by atoms with Crippen LogP contribution in [0.4, 0.5) is 11.4 Å². The molecular formula is C19H23N3O4. The van der Waals surface area contributed by atoms with Crippen LogP contribution in [-0.4, -0.2) is 36.4 Å². The number of carbonyl (C=O) groups is 1. The molecule has 0 saturated heterocycles. The number of nitro benzene ring substituents is 1. The van der Waals surface area contributed by atoms with Crippen LogP contribution in [-0.2, 0) is 11.3 Å². The number of methoxy groups -OCH3 is 1. The number of carbonyl (C=O) groups excluding carboxylic acids is 1. The molecule has 138 valence electrons. The standard InChI is InChI=1S/C19H23N3O4/c1-13-7-5-6-8-15(13)11-21(3)12-19(23)20-16-10-18(26-4)17(22(24)25)9-14(16)2/h5-10H,11-12H2,1-4H3,(H,20,23). The third-order valence-electron chi connectivity index (χ3n) is 4.11. The number of nitrogens with one attached hydrogen (secondary N) is 1. The van der Waals surface area contributed by atoms with Crippen molar-refractivity contribution in [2.24, 2.45) is 0 Å². The summed E-state index contributed by atoms with van der Waals surface area (Å²) in [5.41, 5.74) is 3.32. The number of rotatable bonds is 7. The summed E-state index contributed by atoms with van der Waals surface area (Å²) < 4.78 is 5.05. The van der Waals surface area contributed by atoms with Gasteiger partial charge in [0.25, 0.3) is 0 Å². The van der Waals surface area contributed by atoms with Crippen molar-refractivity contribution >= 4 is 17.3 Å². The van der Waals surface area contributed by atoms with E-state index in [0.717, 1.165) is 5.56 Å². The lowest BCUT2D eigenvalue weighted by Crippen LogP contribution is -2.30. The first-order valence-corrected chi connectivity index (χ1v) is 8.17. The van der Waals surface area contributed by atoms with Crippen molar-refractivity contribution in [1.82, 2.24) is 4.90 Å². The highest BCUT2D eigenvalue weighted by atomic mass is 16.6. The first-order chi connectivity index (χ1) is 12.3. The summed E-state index contributed by atoms with van der Waals surface area (Å²) in [6.45, 7) is 4.60. The Hall–Kier alpha value is -2.93. The van der Waals surface area contributed by atoms with Gasteiger partial charge in [-0.15, -0.1) is 0 Å². The van der Waals surface area contributed by atoms with E-state index < -0.39 is 4.92 Å². The molecule has 0 radical (unpaired) electrons. The van der Waals surface area contributed by atoms with Crippen LogP contribution in [0.25, 0.3) is 0 Å². The number of hydrogen-bond donors (Lipinski definition) is 1. The number of nitrogens with zero attached hydrogens (tertiary/aromatic N) is 2. The van der Waals surface area contributed by atoms with Crippen LogP contribution in [0.2, 0.25) is 0 Å². The van der Waals surface area contributed by atoms with Gasteiger partial charge in [0, 0.05) is 24.4 Å². The Morgan fingerprint density at radius 2 is 1.92 bits per heavy atom. The summed E-state index contributed by atoms with van der Waals surface area (Å²) >= 11 is 0. The number of benzene rings is 2. The average Bonchev–Trinajstić information content (AvgIpc) is 2.58. The normalized spacial score (nSPS) is 10.7. The van der Waals surface area contributed by atoms with Gasteiger partial charge in [-0.2, -0.15) is 0 Å². The molecule has 0 aliphatic heterocycles. The fraction of sp³-hybridized carbons (Fsp3) is 0.316. The third-order valence-corrected chi connectivity index (χ3v) is 4.11. The van der Waals surface area contributed by atoms with E-state index in [1.165, 1.54) is 24.8 Å².